The highest BCUT2D eigenvalue weighted by Crippen LogP contribution is 2.62. The van der Waals surface area contributed by atoms with E-state index in [-0.39, 0.29) is 5.41 Å². The third kappa shape index (κ3) is 3.61. The third-order valence-electron chi connectivity index (χ3n) is 10.7. The van der Waals surface area contributed by atoms with Crippen molar-refractivity contribution in [2.24, 2.45) is 0 Å². The molecule has 1 atom stereocenters. The lowest BCUT2D eigenvalue weighted by Gasteiger charge is -2.31. The highest BCUT2D eigenvalue weighted by atomic mass is 14.9. The number of hydrogen-bond acceptors (Lipinski definition) is 1. The van der Waals surface area contributed by atoms with Gasteiger partial charge in [0.25, 0.3) is 0 Å². The molecular formula is C44H37N. The molecule has 0 heterocycles. The second-order valence-electron chi connectivity index (χ2n) is 12.9. The van der Waals surface area contributed by atoms with E-state index in [4.69, 9.17) is 0 Å². The van der Waals surface area contributed by atoms with Crippen LogP contribution in [0.25, 0.3) is 39.6 Å². The van der Waals surface area contributed by atoms with E-state index in [1.807, 2.05) is 0 Å². The number of anilines is 2. The van der Waals surface area contributed by atoms with Crippen LogP contribution in [0, 0.1) is 0 Å². The molecule has 5 aromatic rings. The predicted molar refractivity (Wildman–Crippen MR) is 192 cm³/mol. The zero-order chi connectivity index (χ0) is 30.1. The van der Waals surface area contributed by atoms with Gasteiger partial charge in [-0.2, -0.15) is 0 Å². The van der Waals surface area contributed by atoms with Crippen LogP contribution in [0.5, 0.6) is 0 Å². The Balaban J connectivity index is 1.20. The molecule has 0 aromatic heterocycles. The first-order valence-electron chi connectivity index (χ1n) is 16.7. The van der Waals surface area contributed by atoms with E-state index in [1.54, 1.807) is 11.1 Å². The topological polar surface area (TPSA) is 12.0 Å². The number of hydrogen-bond donors (Lipinski definition) is 1. The van der Waals surface area contributed by atoms with Crippen LogP contribution >= 0.6 is 0 Å². The summed E-state index contributed by atoms with van der Waals surface area (Å²) in [5.41, 5.74) is 19.1. The lowest BCUT2D eigenvalue weighted by molar-refractivity contribution is 0.785. The van der Waals surface area contributed by atoms with E-state index in [1.165, 1.54) is 66.4 Å². The van der Waals surface area contributed by atoms with Crippen LogP contribution in [0.3, 0.4) is 0 Å². The van der Waals surface area contributed by atoms with Crippen LogP contribution in [-0.4, -0.2) is 0 Å². The van der Waals surface area contributed by atoms with Gasteiger partial charge in [0.2, 0.25) is 0 Å². The highest BCUT2D eigenvalue weighted by molar-refractivity contribution is 6.02. The molecule has 4 aliphatic rings. The van der Waals surface area contributed by atoms with Crippen molar-refractivity contribution < 1.29 is 0 Å². The van der Waals surface area contributed by atoms with Crippen molar-refractivity contribution in [1.82, 2.24) is 0 Å². The van der Waals surface area contributed by atoms with Crippen molar-refractivity contribution in [3.05, 3.63) is 159 Å². The molecule has 0 amide bonds. The van der Waals surface area contributed by atoms with Crippen molar-refractivity contribution in [2.75, 3.05) is 5.32 Å². The van der Waals surface area contributed by atoms with Crippen LogP contribution in [0.1, 0.15) is 77.6 Å². The fourth-order valence-corrected chi connectivity index (χ4v) is 9.01. The normalized spacial score (nSPS) is 18.8. The molecule has 1 heteroatoms. The fourth-order valence-electron chi connectivity index (χ4n) is 9.01. The SMILES string of the molecule is C/C=C\C1=C(CC)c2ccccc2C12c1ccccc1-c1cc(Nc3ccc4c5c(c6c(c4c3)C=CCC6)CCC=C5)ccc12. The van der Waals surface area contributed by atoms with E-state index in [9.17, 15) is 0 Å². The Labute approximate surface area is 266 Å². The Bertz CT molecular complexity index is 2190. The Morgan fingerprint density at radius 3 is 2.02 bits per heavy atom. The molecule has 0 bridgehead atoms. The molecule has 0 saturated heterocycles. The lowest BCUT2D eigenvalue weighted by atomic mass is 9.69. The summed E-state index contributed by atoms with van der Waals surface area (Å²) in [6, 6.07) is 32.2. The Hall–Kier alpha value is -4.88. The van der Waals surface area contributed by atoms with E-state index in [0.29, 0.717) is 0 Å². The zero-order valence-electron chi connectivity index (χ0n) is 26.1. The summed E-state index contributed by atoms with van der Waals surface area (Å²) in [5, 5.41) is 6.56. The first-order chi connectivity index (χ1) is 22.2. The Morgan fingerprint density at radius 1 is 0.667 bits per heavy atom. The van der Waals surface area contributed by atoms with Crippen molar-refractivity contribution >= 4 is 39.9 Å². The van der Waals surface area contributed by atoms with Crippen molar-refractivity contribution in [1.29, 1.82) is 0 Å². The van der Waals surface area contributed by atoms with E-state index >= 15 is 0 Å². The second kappa shape index (κ2) is 10.1. The molecule has 218 valence electrons. The monoisotopic (exact) mass is 579 g/mol. The molecule has 1 unspecified atom stereocenters. The average molecular weight is 580 g/mol. The summed E-state index contributed by atoms with van der Waals surface area (Å²) in [7, 11) is 0. The van der Waals surface area contributed by atoms with Crippen LogP contribution in [0.2, 0.25) is 0 Å². The van der Waals surface area contributed by atoms with Crippen molar-refractivity contribution in [3.8, 4) is 11.1 Å². The number of allylic oxidation sites excluding steroid dienone is 6. The molecule has 45 heavy (non-hydrogen) atoms. The molecule has 4 aliphatic carbocycles. The van der Waals surface area contributed by atoms with Gasteiger partial charge >= 0.3 is 0 Å². The molecular weight excluding hydrogens is 542 g/mol. The Morgan fingerprint density at radius 2 is 1.29 bits per heavy atom. The number of nitrogens with one attached hydrogen (secondary N) is 1. The van der Waals surface area contributed by atoms with Crippen LogP contribution in [-0.2, 0) is 18.3 Å². The maximum Gasteiger partial charge on any atom is 0.0722 e. The summed E-state index contributed by atoms with van der Waals surface area (Å²) in [6.07, 6.45) is 19.6. The first kappa shape index (κ1) is 26.5. The minimum Gasteiger partial charge on any atom is -0.355 e. The highest BCUT2D eigenvalue weighted by Gasteiger charge is 2.51. The van der Waals surface area contributed by atoms with Crippen molar-refractivity contribution in [3.63, 3.8) is 0 Å². The molecule has 1 spiro atoms. The van der Waals surface area contributed by atoms with Gasteiger partial charge in [-0.05, 0) is 141 Å². The molecule has 9 rings (SSSR count). The van der Waals surface area contributed by atoms with Crippen LogP contribution < -0.4 is 5.32 Å². The molecule has 0 radical (unpaired) electrons. The van der Waals surface area contributed by atoms with Gasteiger partial charge in [-0.1, -0.05) is 104 Å². The smallest absolute Gasteiger partial charge is 0.0722 e. The van der Waals surface area contributed by atoms with Crippen molar-refractivity contribution in [2.45, 2.75) is 51.4 Å². The van der Waals surface area contributed by atoms with Gasteiger partial charge in [-0.15, -0.1) is 0 Å². The molecule has 1 nitrogen and oxygen atoms in total. The standard InChI is InChI=1S/C44H37N/c1-3-13-40-30(4-2)36-18-9-11-20-41(36)44(40)42-21-12-10-19-37(42)39-27-29(23-25-43(39)44)45-28-22-24-35-33-16-6-5-14-31(33)32-15-7-8-17-34(32)38(35)26-28/h3,6,8-13,16-27,45H,4-5,7,14-15H2,1-2H3/b13-3-. The fraction of sp³-hybridized carbons (Fsp3) is 0.182. The van der Waals surface area contributed by atoms with E-state index in [2.05, 4.69) is 141 Å². The number of rotatable bonds is 4. The van der Waals surface area contributed by atoms with Gasteiger partial charge in [-0.25, -0.2) is 0 Å². The number of fused-ring (bicyclic) bond motifs is 13. The van der Waals surface area contributed by atoms with Gasteiger partial charge in [0.05, 0.1) is 5.41 Å². The minimum absolute atomic E-state index is 0.292. The molecule has 0 saturated carbocycles. The molecule has 1 N–H and O–H groups in total. The Kier molecular flexibility index (Phi) is 5.94. The predicted octanol–water partition coefficient (Wildman–Crippen LogP) is 11.6. The maximum atomic E-state index is 3.83. The van der Waals surface area contributed by atoms with E-state index < -0.39 is 0 Å². The first-order valence-corrected chi connectivity index (χ1v) is 16.7. The average Bonchev–Trinajstić information content (AvgIpc) is 3.54. The van der Waals surface area contributed by atoms with Crippen LogP contribution in [0.4, 0.5) is 11.4 Å². The van der Waals surface area contributed by atoms with Gasteiger partial charge in [0, 0.05) is 11.4 Å². The maximum absolute atomic E-state index is 3.83. The third-order valence-corrected chi connectivity index (χ3v) is 10.7. The number of benzene rings is 5. The second-order valence-corrected chi connectivity index (χ2v) is 12.9. The summed E-state index contributed by atoms with van der Waals surface area (Å²) in [5.74, 6) is 0. The largest absolute Gasteiger partial charge is 0.355 e. The molecule has 0 aliphatic heterocycles. The van der Waals surface area contributed by atoms with Crippen LogP contribution in [0.15, 0.2) is 115 Å². The summed E-state index contributed by atoms with van der Waals surface area (Å²) >= 11 is 0. The van der Waals surface area contributed by atoms with Gasteiger partial charge in [0.1, 0.15) is 0 Å². The summed E-state index contributed by atoms with van der Waals surface area (Å²) < 4.78 is 0. The minimum atomic E-state index is -0.292. The van der Waals surface area contributed by atoms with Gasteiger partial charge < -0.3 is 5.32 Å². The van der Waals surface area contributed by atoms with E-state index in [0.717, 1.165) is 43.5 Å². The quantitative estimate of drug-likeness (QED) is 0.223. The summed E-state index contributed by atoms with van der Waals surface area (Å²) in [6.45, 7) is 4.44. The van der Waals surface area contributed by atoms with Gasteiger partial charge in [-0.3, -0.25) is 0 Å². The lowest BCUT2D eigenvalue weighted by Crippen LogP contribution is -2.26. The molecule has 0 fully saturated rings. The molecule has 5 aromatic carbocycles. The zero-order valence-corrected chi connectivity index (χ0v) is 26.1. The summed E-state index contributed by atoms with van der Waals surface area (Å²) in [4.78, 5) is 0. The van der Waals surface area contributed by atoms with Gasteiger partial charge in [0.15, 0.2) is 0 Å².